The number of halogens is 1. The molecule has 2 aliphatic rings. The Morgan fingerprint density at radius 3 is 2.66 bits per heavy atom. The zero-order valence-corrected chi connectivity index (χ0v) is 22.6. The lowest BCUT2D eigenvalue weighted by Crippen LogP contribution is -2.23. The third-order valence-electron chi connectivity index (χ3n) is 8.09. The molecule has 2 aromatic heterocycles. The van der Waals surface area contributed by atoms with Gasteiger partial charge in [-0.05, 0) is 100 Å². The minimum atomic E-state index is -0.427. The van der Waals surface area contributed by atoms with Crippen molar-refractivity contribution in [3.63, 3.8) is 0 Å². The number of rotatable bonds is 4. The SMILES string of the molecule is [N-]=[N+]=Nc1ccc(Cl)cc1-c1cccc2c1CC(=O)c1c-2ccc2c1CCCC2OC(=O)c1ccc2ccccn12. The van der Waals surface area contributed by atoms with Crippen LogP contribution in [0.5, 0.6) is 0 Å². The number of pyridine rings is 1. The molecule has 7 nitrogen and oxygen atoms in total. The van der Waals surface area contributed by atoms with E-state index in [4.69, 9.17) is 21.9 Å². The van der Waals surface area contributed by atoms with E-state index in [-0.39, 0.29) is 18.2 Å². The number of aromatic nitrogens is 1. The Morgan fingerprint density at radius 1 is 0.951 bits per heavy atom. The molecule has 1 atom stereocenters. The summed E-state index contributed by atoms with van der Waals surface area (Å²) in [6.45, 7) is 0. The summed E-state index contributed by atoms with van der Waals surface area (Å²) in [5.74, 6) is -0.362. The number of esters is 1. The Kier molecular flexibility index (Phi) is 6.11. The van der Waals surface area contributed by atoms with E-state index in [0.717, 1.165) is 51.7 Å². The molecule has 0 N–H and O–H groups in total. The summed E-state index contributed by atoms with van der Waals surface area (Å²) >= 11 is 6.31. The third-order valence-corrected chi connectivity index (χ3v) is 8.33. The number of fused-ring (bicyclic) bond motifs is 6. The molecule has 0 radical (unpaired) electrons. The van der Waals surface area contributed by atoms with Crippen molar-refractivity contribution in [1.29, 1.82) is 0 Å². The molecular weight excluding hydrogens is 536 g/mol. The second-order valence-electron chi connectivity index (χ2n) is 10.3. The Labute approximate surface area is 240 Å². The van der Waals surface area contributed by atoms with Gasteiger partial charge in [-0.25, -0.2) is 4.79 Å². The summed E-state index contributed by atoms with van der Waals surface area (Å²) in [7, 11) is 0. The molecule has 0 spiro atoms. The van der Waals surface area contributed by atoms with Gasteiger partial charge in [0, 0.05) is 39.3 Å². The normalized spacial score (nSPS) is 15.4. The van der Waals surface area contributed by atoms with Gasteiger partial charge in [0.15, 0.2) is 5.78 Å². The van der Waals surface area contributed by atoms with Gasteiger partial charge in [-0.1, -0.05) is 59.2 Å². The number of benzene rings is 3. The van der Waals surface area contributed by atoms with Gasteiger partial charge < -0.3 is 9.14 Å². The largest absolute Gasteiger partial charge is 0.453 e. The van der Waals surface area contributed by atoms with Crippen molar-refractivity contribution in [2.45, 2.75) is 31.8 Å². The van der Waals surface area contributed by atoms with Crippen LogP contribution in [0.1, 0.15) is 56.5 Å². The van der Waals surface area contributed by atoms with Gasteiger partial charge in [-0.15, -0.1) is 0 Å². The summed E-state index contributed by atoms with van der Waals surface area (Å²) in [4.78, 5) is 30.0. The number of carbonyl (C=O) groups is 2. The predicted octanol–water partition coefficient (Wildman–Crippen LogP) is 8.84. The van der Waals surface area contributed by atoms with E-state index in [2.05, 4.69) is 10.0 Å². The molecule has 2 heterocycles. The van der Waals surface area contributed by atoms with Gasteiger partial charge in [0.25, 0.3) is 0 Å². The molecular formula is C33H23ClN4O3. The summed E-state index contributed by atoms with van der Waals surface area (Å²) in [6.07, 6.45) is 3.89. The lowest BCUT2D eigenvalue weighted by Gasteiger charge is -2.31. The maximum absolute atomic E-state index is 13.8. The standard InChI is InChI=1S/C33H23ClN4O3/c34-19-10-14-28(36-37-35)27(17-19)22-7-3-6-21-25-13-12-23-24(32(25)30(39)18-26(21)22)8-4-9-31(23)41-33(40)29-15-11-20-5-1-2-16-38(20)29/h1-3,5-7,10-17,31H,4,8-9,18H2. The first-order valence-corrected chi connectivity index (χ1v) is 13.8. The van der Waals surface area contributed by atoms with Gasteiger partial charge in [-0.2, -0.15) is 0 Å². The monoisotopic (exact) mass is 558 g/mol. The average molecular weight is 559 g/mol. The molecule has 3 aromatic carbocycles. The molecule has 2 aliphatic carbocycles. The number of Topliss-reactive ketones (excluding diaryl/α,β-unsaturated/α-hetero) is 1. The highest BCUT2D eigenvalue weighted by molar-refractivity contribution is 6.31. The molecule has 0 saturated heterocycles. The number of ketones is 1. The molecule has 0 saturated carbocycles. The molecule has 200 valence electrons. The van der Waals surface area contributed by atoms with Crippen molar-refractivity contribution >= 4 is 34.6 Å². The molecule has 41 heavy (non-hydrogen) atoms. The lowest BCUT2D eigenvalue weighted by molar-refractivity contribution is 0.0248. The first-order valence-electron chi connectivity index (χ1n) is 13.5. The fraction of sp³-hybridized carbons (Fsp3) is 0.152. The van der Waals surface area contributed by atoms with Crippen molar-refractivity contribution in [2.24, 2.45) is 5.11 Å². The predicted molar refractivity (Wildman–Crippen MR) is 158 cm³/mol. The van der Waals surface area contributed by atoms with Crippen LogP contribution in [0.4, 0.5) is 5.69 Å². The zero-order chi connectivity index (χ0) is 28.1. The molecule has 0 fully saturated rings. The van der Waals surface area contributed by atoms with Gasteiger partial charge >= 0.3 is 5.97 Å². The summed E-state index contributed by atoms with van der Waals surface area (Å²) in [5.41, 5.74) is 17.7. The van der Waals surface area contributed by atoms with Gasteiger partial charge in [0.2, 0.25) is 0 Å². The fourth-order valence-electron chi connectivity index (χ4n) is 6.32. The Morgan fingerprint density at radius 2 is 1.80 bits per heavy atom. The molecule has 5 aromatic rings. The van der Waals surface area contributed by atoms with E-state index in [1.165, 1.54) is 0 Å². The molecule has 8 heteroatoms. The molecule has 0 amide bonds. The first kappa shape index (κ1) is 25.1. The van der Waals surface area contributed by atoms with Gasteiger partial charge in [0.1, 0.15) is 11.8 Å². The number of carbonyl (C=O) groups excluding carboxylic acids is 2. The van der Waals surface area contributed by atoms with Crippen LogP contribution in [-0.4, -0.2) is 16.2 Å². The fourth-order valence-corrected chi connectivity index (χ4v) is 6.49. The van der Waals surface area contributed by atoms with E-state index in [1.54, 1.807) is 24.3 Å². The van der Waals surface area contributed by atoms with Gasteiger partial charge in [0.05, 0.1) is 0 Å². The second kappa shape index (κ2) is 9.97. The van der Waals surface area contributed by atoms with E-state index >= 15 is 0 Å². The molecule has 1 unspecified atom stereocenters. The Balaban J connectivity index is 1.29. The van der Waals surface area contributed by atoms with Crippen molar-refractivity contribution in [2.75, 3.05) is 0 Å². The molecule has 7 rings (SSSR count). The second-order valence-corrected chi connectivity index (χ2v) is 10.8. The summed E-state index contributed by atoms with van der Waals surface area (Å²) in [5, 5.41) is 4.37. The Hall–Kier alpha value is -4.84. The first-order chi connectivity index (χ1) is 20.0. The van der Waals surface area contributed by atoms with E-state index in [1.807, 2.05) is 65.2 Å². The van der Waals surface area contributed by atoms with E-state index < -0.39 is 6.10 Å². The molecule has 0 aliphatic heterocycles. The van der Waals surface area contributed by atoms with Crippen LogP contribution in [0, 0.1) is 0 Å². The molecule has 0 bridgehead atoms. The minimum absolute atomic E-state index is 0.0220. The van der Waals surface area contributed by atoms with Crippen LogP contribution in [0.3, 0.4) is 0 Å². The number of nitrogens with zero attached hydrogens (tertiary/aromatic N) is 4. The summed E-state index contributed by atoms with van der Waals surface area (Å²) in [6, 6.07) is 24.4. The van der Waals surface area contributed by atoms with E-state index in [0.29, 0.717) is 34.0 Å². The maximum atomic E-state index is 13.8. The minimum Gasteiger partial charge on any atom is -0.453 e. The highest BCUT2D eigenvalue weighted by Gasteiger charge is 2.33. The van der Waals surface area contributed by atoms with Crippen LogP contribution in [0.2, 0.25) is 5.02 Å². The number of hydrogen-bond acceptors (Lipinski definition) is 4. The number of azide groups is 1. The third kappa shape index (κ3) is 4.18. The van der Waals surface area contributed by atoms with Crippen LogP contribution in [0.15, 0.2) is 90.2 Å². The highest BCUT2D eigenvalue weighted by Crippen LogP contribution is 2.46. The average Bonchev–Trinajstić information content (AvgIpc) is 3.42. The van der Waals surface area contributed by atoms with Crippen molar-refractivity contribution in [3.8, 4) is 22.3 Å². The number of ether oxygens (including phenoxy) is 1. The zero-order valence-electron chi connectivity index (χ0n) is 21.9. The smallest absolute Gasteiger partial charge is 0.355 e. The van der Waals surface area contributed by atoms with Gasteiger partial charge in [-0.3, -0.25) is 4.79 Å². The lowest BCUT2D eigenvalue weighted by atomic mass is 9.75. The summed E-state index contributed by atoms with van der Waals surface area (Å²) < 4.78 is 7.89. The topological polar surface area (TPSA) is 96.5 Å². The Bertz CT molecular complexity index is 1950. The van der Waals surface area contributed by atoms with Crippen LogP contribution in [-0.2, 0) is 17.6 Å². The quantitative estimate of drug-likeness (QED) is 0.0953. The van der Waals surface area contributed by atoms with Crippen molar-refractivity contribution < 1.29 is 14.3 Å². The van der Waals surface area contributed by atoms with Crippen LogP contribution >= 0.6 is 11.6 Å². The number of hydrogen-bond donors (Lipinski definition) is 0. The maximum Gasteiger partial charge on any atom is 0.355 e. The van der Waals surface area contributed by atoms with Crippen molar-refractivity contribution in [3.05, 3.63) is 128 Å². The van der Waals surface area contributed by atoms with Crippen molar-refractivity contribution in [1.82, 2.24) is 4.40 Å². The van der Waals surface area contributed by atoms with E-state index in [9.17, 15) is 9.59 Å². The van der Waals surface area contributed by atoms with Crippen LogP contribution in [0.25, 0.3) is 38.2 Å². The van der Waals surface area contributed by atoms with Crippen LogP contribution < -0.4 is 0 Å². The highest BCUT2D eigenvalue weighted by atomic mass is 35.5.